The number of pyridine rings is 1. The smallest absolute Gasteiger partial charge is 0.253 e. The number of rotatable bonds is 3. The van der Waals surface area contributed by atoms with Crippen LogP contribution in [0, 0.1) is 5.82 Å². The molecule has 2 saturated heterocycles. The predicted octanol–water partition coefficient (Wildman–Crippen LogP) is 4.33. The summed E-state index contributed by atoms with van der Waals surface area (Å²) in [6.07, 6.45) is 5.23. The highest BCUT2D eigenvalue weighted by Crippen LogP contribution is 2.28. The predicted molar refractivity (Wildman–Crippen MR) is 122 cm³/mol. The van der Waals surface area contributed by atoms with E-state index in [0.717, 1.165) is 80.0 Å². The summed E-state index contributed by atoms with van der Waals surface area (Å²) >= 11 is 0. The summed E-state index contributed by atoms with van der Waals surface area (Å²) in [5.41, 5.74) is 1.79. The van der Waals surface area contributed by atoms with Crippen LogP contribution in [0.2, 0.25) is 0 Å². The molecule has 0 unspecified atom stereocenters. The number of fused-ring (bicyclic) bond motifs is 1. The van der Waals surface area contributed by atoms with Crippen LogP contribution in [-0.4, -0.2) is 55.1 Å². The van der Waals surface area contributed by atoms with E-state index in [9.17, 15) is 9.18 Å². The van der Waals surface area contributed by atoms with Crippen LogP contribution >= 0.6 is 0 Å². The molecule has 0 radical (unpaired) electrons. The molecule has 6 heteroatoms. The van der Waals surface area contributed by atoms with Gasteiger partial charge in [-0.15, -0.1) is 0 Å². The SMILES string of the molecule is O=C(c1ccc2ccnc(N3CCN(c4ccc(F)cc4)CC3)c2c1)N1CCCCC1. The average Bonchev–Trinajstić information content (AvgIpc) is 2.84. The van der Waals surface area contributed by atoms with Gasteiger partial charge in [0.25, 0.3) is 5.91 Å². The van der Waals surface area contributed by atoms with E-state index in [0.29, 0.717) is 0 Å². The van der Waals surface area contributed by atoms with Crippen LogP contribution in [0.25, 0.3) is 10.8 Å². The van der Waals surface area contributed by atoms with E-state index in [4.69, 9.17) is 0 Å². The Morgan fingerprint density at radius 2 is 1.52 bits per heavy atom. The van der Waals surface area contributed by atoms with Crippen LogP contribution in [0.4, 0.5) is 15.9 Å². The fourth-order valence-electron chi connectivity index (χ4n) is 4.65. The monoisotopic (exact) mass is 418 g/mol. The maximum atomic E-state index is 13.2. The van der Waals surface area contributed by atoms with Crippen molar-refractivity contribution in [2.45, 2.75) is 19.3 Å². The van der Waals surface area contributed by atoms with Crippen LogP contribution in [0.3, 0.4) is 0 Å². The third-order valence-electron chi connectivity index (χ3n) is 6.41. The molecule has 5 nitrogen and oxygen atoms in total. The van der Waals surface area contributed by atoms with Gasteiger partial charge in [0.2, 0.25) is 0 Å². The van der Waals surface area contributed by atoms with Crippen molar-refractivity contribution in [2.24, 2.45) is 0 Å². The number of carbonyl (C=O) groups is 1. The van der Waals surface area contributed by atoms with Crippen molar-refractivity contribution in [3.8, 4) is 0 Å². The van der Waals surface area contributed by atoms with Gasteiger partial charge in [-0.3, -0.25) is 4.79 Å². The number of hydrogen-bond acceptors (Lipinski definition) is 4. The van der Waals surface area contributed by atoms with Crippen molar-refractivity contribution in [3.63, 3.8) is 0 Å². The van der Waals surface area contributed by atoms with E-state index in [2.05, 4.69) is 14.8 Å². The van der Waals surface area contributed by atoms with E-state index in [1.807, 2.05) is 47.5 Å². The number of piperidine rings is 1. The first-order chi connectivity index (χ1) is 15.2. The molecule has 160 valence electrons. The largest absolute Gasteiger partial charge is 0.368 e. The van der Waals surface area contributed by atoms with Crippen molar-refractivity contribution >= 4 is 28.2 Å². The molecule has 2 aromatic carbocycles. The Morgan fingerprint density at radius 1 is 0.806 bits per heavy atom. The van der Waals surface area contributed by atoms with Crippen LogP contribution in [0.1, 0.15) is 29.6 Å². The molecule has 3 aromatic rings. The second-order valence-corrected chi connectivity index (χ2v) is 8.37. The number of nitrogens with zero attached hydrogens (tertiary/aromatic N) is 4. The van der Waals surface area contributed by atoms with E-state index < -0.39 is 0 Å². The first-order valence-electron chi connectivity index (χ1n) is 11.1. The van der Waals surface area contributed by atoms with Crippen molar-refractivity contribution in [1.29, 1.82) is 0 Å². The lowest BCUT2D eigenvalue weighted by Crippen LogP contribution is -2.46. The fraction of sp³-hybridized carbons (Fsp3) is 0.360. The third kappa shape index (κ3) is 4.07. The summed E-state index contributed by atoms with van der Waals surface area (Å²) in [5.74, 6) is 0.847. The molecule has 31 heavy (non-hydrogen) atoms. The summed E-state index contributed by atoms with van der Waals surface area (Å²) in [6.45, 7) is 5.04. The number of amides is 1. The second-order valence-electron chi connectivity index (χ2n) is 8.37. The maximum Gasteiger partial charge on any atom is 0.253 e. The molecule has 0 aliphatic carbocycles. The Kier molecular flexibility index (Phi) is 5.45. The number of carbonyl (C=O) groups excluding carboxylic acids is 1. The summed E-state index contributed by atoms with van der Waals surface area (Å²) in [6, 6.07) is 14.7. The number of likely N-dealkylation sites (tertiary alicyclic amines) is 1. The standard InChI is InChI=1S/C25H27FN4O/c26-21-6-8-22(9-7-21)28-14-16-29(17-15-28)24-23-18-20(5-4-19(23)10-11-27-24)25(31)30-12-2-1-3-13-30/h4-11,18H,1-3,12-17H2. The highest BCUT2D eigenvalue weighted by Gasteiger charge is 2.22. The Hall–Kier alpha value is -3.15. The lowest BCUT2D eigenvalue weighted by molar-refractivity contribution is 0.0724. The topological polar surface area (TPSA) is 39.7 Å². The highest BCUT2D eigenvalue weighted by atomic mass is 19.1. The Morgan fingerprint density at radius 3 is 2.26 bits per heavy atom. The summed E-state index contributed by atoms with van der Waals surface area (Å²) < 4.78 is 13.2. The van der Waals surface area contributed by atoms with Gasteiger partial charge in [0.1, 0.15) is 11.6 Å². The Bertz CT molecular complexity index is 1070. The van der Waals surface area contributed by atoms with Gasteiger partial charge in [0.05, 0.1) is 0 Å². The lowest BCUT2D eigenvalue weighted by Gasteiger charge is -2.37. The first kappa shape index (κ1) is 19.8. The minimum absolute atomic E-state index is 0.123. The van der Waals surface area contributed by atoms with Gasteiger partial charge in [-0.25, -0.2) is 9.37 Å². The second kappa shape index (κ2) is 8.53. The minimum atomic E-state index is -0.211. The Balaban J connectivity index is 1.37. The molecule has 2 aliphatic heterocycles. The van der Waals surface area contributed by atoms with Crippen molar-refractivity contribution in [3.05, 3.63) is 66.1 Å². The molecule has 0 N–H and O–H groups in total. The number of halogens is 1. The molecule has 1 amide bonds. The fourth-order valence-corrected chi connectivity index (χ4v) is 4.65. The zero-order valence-electron chi connectivity index (χ0n) is 17.6. The van der Waals surface area contributed by atoms with Gasteiger partial charge in [0, 0.05) is 62.1 Å². The molecule has 1 aromatic heterocycles. The molecule has 3 heterocycles. The van der Waals surface area contributed by atoms with Gasteiger partial charge in [-0.1, -0.05) is 6.07 Å². The molecular weight excluding hydrogens is 391 g/mol. The first-order valence-corrected chi connectivity index (χ1v) is 11.1. The highest BCUT2D eigenvalue weighted by molar-refractivity contribution is 6.01. The number of hydrogen-bond donors (Lipinski definition) is 0. The number of piperazine rings is 1. The van der Waals surface area contributed by atoms with Gasteiger partial charge in [-0.2, -0.15) is 0 Å². The van der Waals surface area contributed by atoms with E-state index in [-0.39, 0.29) is 11.7 Å². The zero-order chi connectivity index (χ0) is 21.2. The number of anilines is 2. The van der Waals surface area contributed by atoms with E-state index >= 15 is 0 Å². The van der Waals surface area contributed by atoms with Crippen molar-refractivity contribution in [2.75, 3.05) is 49.1 Å². The molecule has 0 bridgehead atoms. The summed E-state index contributed by atoms with van der Waals surface area (Å²) in [7, 11) is 0. The lowest BCUT2D eigenvalue weighted by atomic mass is 10.0. The Labute approximate surface area is 182 Å². The molecule has 0 atom stereocenters. The molecular formula is C25H27FN4O. The van der Waals surface area contributed by atoms with E-state index in [1.54, 1.807) is 0 Å². The average molecular weight is 419 g/mol. The molecule has 0 spiro atoms. The number of aromatic nitrogens is 1. The number of benzene rings is 2. The summed E-state index contributed by atoms with van der Waals surface area (Å²) in [4.78, 5) is 24.2. The quantitative estimate of drug-likeness (QED) is 0.635. The van der Waals surface area contributed by atoms with Crippen LogP contribution in [-0.2, 0) is 0 Å². The van der Waals surface area contributed by atoms with Crippen molar-refractivity contribution in [1.82, 2.24) is 9.88 Å². The third-order valence-corrected chi connectivity index (χ3v) is 6.41. The van der Waals surface area contributed by atoms with Crippen LogP contribution < -0.4 is 9.80 Å². The molecule has 2 aliphatic rings. The van der Waals surface area contributed by atoms with Crippen LogP contribution in [0.15, 0.2) is 54.7 Å². The molecule has 2 fully saturated rings. The van der Waals surface area contributed by atoms with Gasteiger partial charge < -0.3 is 14.7 Å². The maximum absolute atomic E-state index is 13.2. The normalized spacial score (nSPS) is 17.3. The van der Waals surface area contributed by atoms with Gasteiger partial charge in [-0.05, 0) is 67.1 Å². The van der Waals surface area contributed by atoms with Crippen molar-refractivity contribution < 1.29 is 9.18 Å². The zero-order valence-corrected chi connectivity index (χ0v) is 17.6. The van der Waals surface area contributed by atoms with Gasteiger partial charge >= 0.3 is 0 Å². The molecule has 0 saturated carbocycles. The van der Waals surface area contributed by atoms with Gasteiger partial charge in [0.15, 0.2) is 0 Å². The summed E-state index contributed by atoms with van der Waals surface area (Å²) in [5, 5.41) is 2.13. The van der Waals surface area contributed by atoms with Crippen LogP contribution in [0.5, 0.6) is 0 Å². The van der Waals surface area contributed by atoms with E-state index in [1.165, 1.54) is 18.6 Å². The molecule has 5 rings (SSSR count). The minimum Gasteiger partial charge on any atom is -0.368 e.